The monoisotopic (exact) mass is 503 g/mol. The maximum atomic E-state index is 12.6. The lowest BCUT2D eigenvalue weighted by Gasteiger charge is -2.26. The van der Waals surface area contributed by atoms with E-state index in [9.17, 15) is 18.3 Å². The topological polar surface area (TPSA) is 111 Å². The number of aryl methyl sites for hydroxylation is 1. The van der Waals surface area contributed by atoms with Crippen molar-refractivity contribution in [1.82, 2.24) is 14.7 Å². The third-order valence-electron chi connectivity index (χ3n) is 5.32. The van der Waals surface area contributed by atoms with Crippen LogP contribution in [0.1, 0.15) is 45.1 Å². The summed E-state index contributed by atoms with van der Waals surface area (Å²) >= 11 is 0. The van der Waals surface area contributed by atoms with E-state index in [4.69, 9.17) is 8.92 Å². The molecule has 10 heteroatoms. The van der Waals surface area contributed by atoms with Crippen LogP contribution in [-0.2, 0) is 32.0 Å². The molecule has 9 nitrogen and oxygen atoms in total. The van der Waals surface area contributed by atoms with Gasteiger partial charge in [0.15, 0.2) is 0 Å². The van der Waals surface area contributed by atoms with Gasteiger partial charge in [-0.15, -0.1) is 0 Å². The van der Waals surface area contributed by atoms with E-state index in [2.05, 4.69) is 5.10 Å². The fourth-order valence-electron chi connectivity index (χ4n) is 3.58. The van der Waals surface area contributed by atoms with E-state index in [1.165, 1.54) is 21.7 Å². The molecule has 3 rings (SSSR count). The van der Waals surface area contributed by atoms with Gasteiger partial charge in [0.1, 0.15) is 11.7 Å². The summed E-state index contributed by atoms with van der Waals surface area (Å²) in [7, 11) is -2.40. The van der Waals surface area contributed by atoms with Crippen LogP contribution >= 0.6 is 0 Å². The van der Waals surface area contributed by atoms with Gasteiger partial charge in [0.25, 0.3) is 10.1 Å². The van der Waals surface area contributed by atoms with Gasteiger partial charge in [-0.2, -0.15) is 13.5 Å². The smallest absolute Gasteiger partial charge is 0.410 e. The molecule has 0 unspecified atom stereocenters. The minimum atomic E-state index is -3.94. The minimum absolute atomic E-state index is 0.0342. The van der Waals surface area contributed by atoms with Crippen LogP contribution in [0.15, 0.2) is 53.4 Å². The maximum Gasteiger partial charge on any atom is 0.410 e. The number of rotatable bonds is 9. The third-order valence-corrected chi connectivity index (χ3v) is 6.64. The first-order valence-electron chi connectivity index (χ1n) is 11.5. The number of hydrogen-bond donors (Lipinski definition) is 1. The highest BCUT2D eigenvalue weighted by Gasteiger charge is 2.25. The van der Waals surface area contributed by atoms with Crippen LogP contribution in [0, 0.1) is 0 Å². The van der Waals surface area contributed by atoms with E-state index in [-0.39, 0.29) is 24.6 Å². The molecule has 0 spiro atoms. The third kappa shape index (κ3) is 6.81. The highest BCUT2D eigenvalue weighted by molar-refractivity contribution is 7.86. The lowest BCUT2D eigenvalue weighted by Crippen LogP contribution is -2.37. The second kappa shape index (κ2) is 10.8. The van der Waals surface area contributed by atoms with Crippen molar-refractivity contribution in [3.63, 3.8) is 0 Å². The van der Waals surface area contributed by atoms with Gasteiger partial charge < -0.3 is 14.7 Å². The van der Waals surface area contributed by atoms with E-state index in [0.29, 0.717) is 16.6 Å². The minimum Gasteiger partial charge on any atom is -0.444 e. The van der Waals surface area contributed by atoms with Gasteiger partial charge in [-0.1, -0.05) is 37.3 Å². The number of amides is 1. The average Bonchev–Trinajstić information content (AvgIpc) is 3.16. The van der Waals surface area contributed by atoms with Crippen molar-refractivity contribution in [2.45, 2.75) is 57.3 Å². The number of nitrogens with zero attached hydrogens (tertiary/aromatic N) is 3. The second-order valence-corrected chi connectivity index (χ2v) is 10.9. The van der Waals surface area contributed by atoms with Gasteiger partial charge in [-0.3, -0.25) is 8.86 Å². The highest BCUT2D eigenvalue weighted by Crippen LogP contribution is 2.26. The summed E-state index contributed by atoms with van der Waals surface area (Å²) in [6, 6.07) is 13.8. The van der Waals surface area contributed by atoms with Gasteiger partial charge in [-0.05, 0) is 51.0 Å². The van der Waals surface area contributed by atoms with Gasteiger partial charge >= 0.3 is 6.09 Å². The van der Waals surface area contributed by atoms with Gasteiger partial charge in [0.05, 0.1) is 35.8 Å². The van der Waals surface area contributed by atoms with Crippen molar-refractivity contribution in [3.05, 3.63) is 59.8 Å². The molecule has 0 bridgehead atoms. The van der Waals surface area contributed by atoms with Crippen LogP contribution in [-0.4, -0.2) is 60.1 Å². The zero-order valence-corrected chi connectivity index (χ0v) is 21.6. The zero-order valence-electron chi connectivity index (χ0n) is 20.8. The summed E-state index contributed by atoms with van der Waals surface area (Å²) in [4.78, 5) is 13.7. The quantitative estimate of drug-likeness (QED) is 0.441. The summed E-state index contributed by atoms with van der Waals surface area (Å²) in [6.07, 6.45) is -0.837. The number of aromatic nitrogens is 2. The number of aliphatic hydroxyl groups is 1. The van der Waals surface area contributed by atoms with Crippen LogP contribution in [0.5, 0.6) is 0 Å². The molecule has 0 saturated carbocycles. The Morgan fingerprint density at radius 2 is 1.80 bits per heavy atom. The van der Waals surface area contributed by atoms with Crippen LogP contribution in [0.25, 0.3) is 10.9 Å². The van der Waals surface area contributed by atoms with Crippen LogP contribution in [0.3, 0.4) is 0 Å². The first-order chi connectivity index (χ1) is 16.4. The molecule has 1 heterocycles. The Balaban J connectivity index is 1.76. The van der Waals surface area contributed by atoms with Crippen molar-refractivity contribution in [2.75, 3.05) is 20.2 Å². The average molecular weight is 504 g/mol. The van der Waals surface area contributed by atoms with Gasteiger partial charge in [-0.25, -0.2) is 4.79 Å². The van der Waals surface area contributed by atoms with Crippen molar-refractivity contribution in [1.29, 1.82) is 0 Å². The molecular formula is C25H33N3O6S. The second-order valence-electron chi connectivity index (χ2n) is 9.28. The fraction of sp³-hybridized carbons (Fsp3) is 0.440. The molecule has 0 saturated heterocycles. The number of fused-ring (bicyclic) bond motifs is 1. The number of benzene rings is 2. The predicted octanol–water partition coefficient (Wildman–Crippen LogP) is 3.90. The Bertz CT molecular complexity index is 1260. The molecule has 35 heavy (non-hydrogen) atoms. The first kappa shape index (κ1) is 26.7. The Morgan fingerprint density at radius 1 is 1.14 bits per heavy atom. The molecule has 1 aromatic heterocycles. The van der Waals surface area contributed by atoms with Crippen molar-refractivity contribution < 1.29 is 27.2 Å². The Morgan fingerprint density at radius 3 is 2.43 bits per heavy atom. The molecule has 2 aromatic carbocycles. The first-order valence-corrected chi connectivity index (χ1v) is 12.9. The molecule has 0 fully saturated rings. The van der Waals surface area contributed by atoms with Crippen LogP contribution < -0.4 is 0 Å². The van der Waals surface area contributed by atoms with E-state index in [1.807, 2.05) is 25.1 Å². The molecule has 0 aliphatic carbocycles. The number of carbonyl (C=O) groups excluding carboxylic acids is 1. The summed E-state index contributed by atoms with van der Waals surface area (Å²) in [6.45, 7) is 7.17. The van der Waals surface area contributed by atoms with E-state index < -0.39 is 27.9 Å². The fourth-order valence-corrected chi connectivity index (χ4v) is 4.48. The van der Waals surface area contributed by atoms with E-state index in [1.54, 1.807) is 46.0 Å². The van der Waals surface area contributed by atoms with Crippen LogP contribution in [0.4, 0.5) is 4.79 Å². The molecule has 1 N–H and O–H groups in total. The highest BCUT2D eigenvalue weighted by atomic mass is 32.2. The molecule has 190 valence electrons. The Labute approximate surface area is 206 Å². The van der Waals surface area contributed by atoms with Crippen molar-refractivity contribution >= 4 is 27.1 Å². The number of aliphatic hydroxyl groups excluding tert-OH is 1. The SMILES string of the molecule is CCc1ccc(S(=O)(=O)OCCn2nc3ccccc3c2[C@H](O)CN(C)C(=O)OC(C)(C)C)cc1. The molecular weight excluding hydrogens is 470 g/mol. The summed E-state index contributed by atoms with van der Waals surface area (Å²) in [5, 5.41) is 16.2. The van der Waals surface area contributed by atoms with Gasteiger partial charge in [0.2, 0.25) is 0 Å². The lowest BCUT2D eigenvalue weighted by atomic mass is 10.1. The summed E-state index contributed by atoms with van der Waals surface area (Å²) < 4.78 is 37.3. The number of ether oxygens (including phenoxy) is 1. The number of likely N-dealkylation sites (N-methyl/N-ethyl adjacent to an activating group) is 1. The molecule has 0 radical (unpaired) electrons. The molecule has 0 aliphatic rings. The summed E-state index contributed by atoms with van der Waals surface area (Å²) in [5.41, 5.74) is 1.47. The van der Waals surface area contributed by atoms with Gasteiger partial charge in [0, 0.05) is 12.4 Å². The van der Waals surface area contributed by atoms with Crippen LogP contribution in [0.2, 0.25) is 0 Å². The van der Waals surface area contributed by atoms with E-state index >= 15 is 0 Å². The normalized spacial score (nSPS) is 13.1. The van der Waals surface area contributed by atoms with E-state index in [0.717, 1.165) is 12.0 Å². The molecule has 3 aromatic rings. The summed E-state index contributed by atoms with van der Waals surface area (Å²) in [5.74, 6) is 0. The molecule has 1 atom stereocenters. The maximum absolute atomic E-state index is 12.6. The standard InChI is InChI=1S/C25H33N3O6S/c1-6-18-11-13-19(14-12-18)35(31,32)33-16-15-28-23(20-9-7-8-10-21(20)26-28)22(29)17-27(5)24(30)34-25(2,3)4/h7-14,22,29H,6,15-17H2,1-5H3/t22-/m1/s1. The largest absolute Gasteiger partial charge is 0.444 e. The Kier molecular flexibility index (Phi) is 8.19. The van der Waals surface area contributed by atoms with Crippen molar-refractivity contribution in [2.24, 2.45) is 0 Å². The zero-order chi connectivity index (χ0) is 25.8. The molecule has 1 amide bonds. The number of hydrogen-bond acceptors (Lipinski definition) is 7. The Hall–Kier alpha value is -2.95. The number of carbonyl (C=O) groups is 1. The predicted molar refractivity (Wildman–Crippen MR) is 133 cm³/mol. The van der Waals surface area contributed by atoms with Crippen molar-refractivity contribution in [3.8, 4) is 0 Å². The lowest BCUT2D eigenvalue weighted by molar-refractivity contribution is 0.0198. The molecule has 0 aliphatic heterocycles.